The zero-order chi connectivity index (χ0) is 32.5. The van der Waals surface area contributed by atoms with Gasteiger partial charge in [-0.25, -0.2) is 28.7 Å². The fourth-order valence-corrected chi connectivity index (χ4v) is 4.12. The highest BCUT2D eigenvalue weighted by molar-refractivity contribution is 7.98. The molecular formula is C30H30F2N4O6S2. The number of carbonyl (C=O) groups excluding carboxylic acids is 3. The number of benzene rings is 2. The van der Waals surface area contributed by atoms with E-state index in [-0.39, 0.29) is 18.2 Å². The van der Waals surface area contributed by atoms with Gasteiger partial charge in [0.15, 0.2) is 16.6 Å². The summed E-state index contributed by atoms with van der Waals surface area (Å²) in [5, 5.41) is 11.6. The first kappa shape index (κ1) is 35.9. The number of hydrogen-bond donors (Lipinski definition) is 1. The number of rotatable bonds is 9. The van der Waals surface area contributed by atoms with Gasteiger partial charge in [-0.2, -0.15) is 0 Å². The highest BCUT2D eigenvalue weighted by Crippen LogP contribution is 2.31. The van der Waals surface area contributed by atoms with E-state index in [4.69, 9.17) is 4.74 Å². The van der Waals surface area contributed by atoms with Crippen LogP contribution in [0.15, 0.2) is 83.4 Å². The van der Waals surface area contributed by atoms with E-state index < -0.39 is 23.8 Å². The quantitative estimate of drug-likeness (QED) is 0.115. The molecule has 0 spiro atoms. The van der Waals surface area contributed by atoms with Gasteiger partial charge in [0, 0.05) is 12.4 Å². The maximum atomic E-state index is 13.1. The minimum atomic E-state index is -1.22. The summed E-state index contributed by atoms with van der Waals surface area (Å²) >= 11 is 2.74. The summed E-state index contributed by atoms with van der Waals surface area (Å²) in [7, 11) is 2.56. The van der Waals surface area contributed by atoms with Crippen LogP contribution in [0.3, 0.4) is 0 Å². The molecule has 1 N–H and O–H groups in total. The van der Waals surface area contributed by atoms with Gasteiger partial charge < -0.3 is 14.6 Å². The number of esters is 2. The molecule has 0 aliphatic heterocycles. The lowest BCUT2D eigenvalue weighted by molar-refractivity contribution is -0.145. The monoisotopic (exact) mass is 644 g/mol. The first-order valence-corrected chi connectivity index (χ1v) is 15.1. The van der Waals surface area contributed by atoms with Gasteiger partial charge in [-0.1, -0.05) is 47.8 Å². The lowest BCUT2D eigenvalue weighted by atomic mass is 9.91. The molecule has 4 rings (SSSR count). The third-order valence-electron chi connectivity index (χ3n) is 5.59. The molecule has 0 radical (unpaired) electrons. The lowest BCUT2D eigenvalue weighted by Crippen LogP contribution is -2.22. The number of carbonyl (C=O) groups is 3. The van der Waals surface area contributed by atoms with E-state index in [1.165, 1.54) is 86.4 Å². The van der Waals surface area contributed by atoms with Crippen LogP contribution in [0.1, 0.15) is 39.3 Å². The fourth-order valence-electron chi connectivity index (χ4n) is 3.39. The second-order valence-corrected chi connectivity index (χ2v) is 9.98. The summed E-state index contributed by atoms with van der Waals surface area (Å²) in [6.07, 6.45) is 6.44. The molecule has 0 aliphatic rings. The number of halogens is 2. The number of nitrogens with zero attached hydrogens (tertiary/aromatic N) is 4. The molecule has 44 heavy (non-hydrogen) atoms. The van der Waals surface area contributed by atoms with Gasteiger partial charge in [0.05, 0.1) is 26.3 Å². The van der Waals surface area contributed by atoms with E-state index in [1.807, 2.05) is 12.5 Å². The van der Waals surface area contributed by atoms with Crippen LogP contribution in [0, 0.1) is 11.6 Å². The smallest absolute Gasteiger partial charge is 0.316 e. The summed E-state index contributed by atoms with van der Waals surface area (Å²) in [6.45, 7) is 0. The van der Waals surface area contributed by atoms with Crippen LogP contribution in [0.2, 0.25) is 0 Å². The zero-order valence-corrected chi connectivity index (χ0v) is 25.9. The molecule has 10 nitrogen and oxygen atoms in total. The largest absolute Gasteiger partial charge is 0.469 e. The molecule has 0 saturated heterocycles. The lowest BCUT2D eigenvalue weighted by Gasteiger charge is -2.21. The maximum absolute atomic E-state index is 13.1. The van der Waals surface area contributed by atoms with Crippen LogP contribution in [0.4, 0.5) is 8.78 Å². The Morgan fingerprint density at radius 2 is 1.39 bits per heavy atom. The van der Waals surface area contributed by atoms with Crippen LogP contribution in [0.5, 0.6) is 0 Å². The second kappa shape index (κ2) is 19.1. The van der Waals surface area contributed by atoms with Crippen LogP contribution in [-0.2, 0) is 25.5 Å². The number of thioether (sulfide) groups is 2. The molecule has 232 valence electrons. The summed E-state index contributed by atoms with van der Waals surface area (Å²) < 4.78 is 34.7. The molecule has 0 saturated carbocycles. The van der Waals surface area contributed by atoms with E-state index in [2.05, 4.69) is 24.7 Å². The van der Waals surface area contributed by atoms with Crippen LogP contribution in [0.25, 0.3) is 0 Å². The van der Waals surface area contributed by atoms with Crippen molar-refractivity contribution in [3.05, 3.63) is 107 Å². The Hall–Kier alpha value is -4.27. The first-order valence-electron chi connectivity index (χ1n) is 12.7. The Morgan fingerprint density at radius 3 is 1.91 bits per heavy atom. The maximum Gasteiger partial charge on any atom is 0.316 e. The molecular weight excluding hydrogens is 614 g/mol. The van der Waals surface area contributed by atoms with Gasteiger partial charge in [0.25, 0.3) is 0 Å². The number of methoxy groups -OCH3 is 2. The van der Waals surface area contributed by atoms with Gasteiger partial charge in [-0.3, -0.25) is 14.4 Å². The number of ether oxygens (including phenoxy) is 2. The van der Waals surface area contributed by atoms with E-state index in [0.717, 1.165) is 5.56 Å². The van der Waals surface area contributed by atoms with Gasteiger partial charge >= 0.3 is 11.9 Å². The Morgan fingerprint density at radius 1 is 0.841 bits per heavy atom. The average Bonchev–Trinajstić information content (AvgIpc) is 3.07. The fraction of sp³-hybridized carbons (Fsp3) is 0.233. The minimum Gasteiger partial charge on any atom is -0.469 e. The second-order valence-electron chi connectivity index (χ2n) is 8.43. The first-order chi connectivity index (χ1) is 21.1. The third kappa shape index (κ3) is 11.8. The number of aromatic nitrogens is 4. The number of aliphatic hydroxyl groups is 1. The molecule has 0 amide bonds. The summed E-state index contributed by atoms with van der Waals surface area (Å²) in [5.74, 6) is -2.66. The van der Waals surface area contributed by atoms with Crippen LogP contribution in [-0.4, -0.2) is 70.0 Å². The average molecular weight is 645 g/mol. The van der Waals surface area contributed by atoms with Gasteiger partial charge in [0.1, 0.15) is 29.4 Å². The number of hydrogen-bond acceptors (Lipinski definition) is 12. The molecule has 2 atom stereocenters. The van der Waals surface area contributed by atoms with Crippen molar-refractivity contribution in [2.75, 3.05) is 26.7 Å². The Kier molecular flexibility index (Phi) is 15.6. The Labute approximate surface area is 261 Å². The molecule has 2 unspecified atom stereocenters. The van der Waals surface area contributed by atoms with E-state index >= 15 is 0 Å². The molecule has 4 aromatic rings. The van der Waals surface area contributed by atoms with Gasteiger partial charge in [-0.05, 0) is 60.0 Å². The Bertz CT molecular complexity index is 1500. The van der Waals surface area contributed by atoms with Crippen molar-refractivity contribution < 1.29 is 37.7 Å². The summed E-state index contributed by atoms with van der Waals surface area (Å²) in [5.41, 5.74) is 1.94. The van der Waals surface area contributed by atoms with Crippen LogP contribution < -0.4 is 0 Å². The molecule has 0 aliphatic carbocycles. The predicted molar refractivity (Wildman–Crippen MR) is 161 cm³/mol. The van der Waals surface area contributed by atoms with Crippen molar-refractivity contribution in [2.45, 2.75) is 28.8 Å². The van der Waals surface area contributed by atoms with Crippen LogP contribution >= 0.6 is 23.5 Å². The Balaban J connectivity index is 0.000000257. The number of aldehydes is 1. The molecule has 0 bridgehead atoms. The van der Waals surface area contributed by atoms with Crippen molar-refractivity contribution in [3.63, 3.8) is 0 Å². The van der Waals surface area contributed by atoms with Crippen molar-refractivity contribution in [1.29, 1.82) is 0 Å². The highest BCUT2D eigenvalue weighted by Gasteiger charge is 2.32. The third-order valence-corrected chi connectivity index (χ3v) is 6.71. The summed E-state index contributed by atoms with van der Waals surface area (Å²) in [4.78, 5) is 49.0. The predicted octanol–water partition coefficient (Wildman–Crippen LogP) is 4.88. The molecule has 2 aromatic heterocycles. The molecule has 2 heterocycles. The molecule has 2 aromatic carbocycles. The zero-order valence-electron chi connectivity index (χ0n) is 24.2. The highest BCUT2D eigenvalue weighted by atomic mass is 32.2. The van der Waals surface area contributed by atoms with E-state index in [1.54, 1.807) is 24.4 Å². The molecule has 0 fully saturated rings. The van der Waals surface area contributed by atoms with Crippen molar-refractivity contribution in [2.24, 2.45) is 0 Å². The van der Waals surface area contributed by atoms with Crippen molar-refractivity contribution in [1.82, 2.24) is 19.9 Å². The van der Waals surface area contributed by atoms with Gasteiger partial charge in [-0.15, -0.1) is 0 Å². The molecule has 14 heteroatoms. The van der Waals surface area contributed by atoms with Crippen molar-refractivity contribution in [3.8, 4) is 0 Å². The topological polar surface area (TPSA) is 141 Å². The van der Waals surface area contributed by atoms with E-state index in [0.29, 0.717) is 33.6 Å². The SMILES string of the molecule is COC(=O)C(c1ccc(F)cc1)C(O)c1ccnc(SC)n1.COC(=O)Cc1ccc(F)cc1.CSc1nccc(C=O)n1. The van der Waals surface area contributed by atoms with Crippen molar-refractivity contribution >= 4 is 41.7 Å². The normalized spacial score (nSPS) is 11.4. The summed E-state index contributed by atoms with van der Waals surface area (Å²) in [6, 6.07) is 14.2. The van der Waals surface area contributed by atoms with E-state index in [9.17, 15) is 28.3 Å². The number of aliphatic hydroxyl groups excluding tert-OH is 1. The minimum absolute atomic E-state index is 0.191. The van der Waals surface area contributed by atoms with Gasteiger partial charge in [0.2, 0.25) is 0 Å². The standard InChI is InChI=1S/C15H15FN2O3S.C9H9FO2.C6H6N2OS/c1-21-14(20)12(9-3-5-10(16)6-4-9)13(19)11-7-8-17-15(18-11)22-2;1-12-9(11)6-7-2-4-8(10)5-3-7;1-10-6-7-3-2-5(4-9)8-6/h3-8,12-13,19H,1-2H3;2-5H,6H2,1H3;2-4H,1H3.